The summed E-state index contributed by atoms with van der Waals surface area (Å²) in [5, 5.41) is 0. The van der Waals surface area contributed by atoms with Crippen molar-refractivity contribution in [2.24, 2.45) is 0 Å². The van der Waals surface area contributed by atoms with Gasteiger partial charge in [-0.05, 0) is 44.0 Å². The first-order chi connectivity index (χ1) is 11.5. The zero-order valence-electron chi connectivity index (χ0n) is 14.0. The molecule has 6 nitrogen and oxygen atoms in total. The van der Waals surface area contributed by atoms with Crippen molar-refractivity contribution in [3.63, 3.8) is 0 Å². The van der Waals surface area contributed by atoms with Gasteiger partial charge in [0.2, 0.25) is 5.91 Å². The average Bonchev–Trinajstić information content (AvgIpc) is 2.82. The molecule has 2 saturated heterocycles. The maximum absolute atomic E-state index is 13.2. The van der Waals surface area contributed by atoms with Crippen LogP contribution in [0.1, 0.15) is 19.8 Å². The molecule has 1 aromatic carbocycles. The van der Waals surface area contributed by atoms with E-state index in [1.54, 1.807) is 35.9 Å². The number of carbonyl (C=O) groups excluding carboxylic acids is 2. The smallest absolute Gasteiger partial charge is 0.409 e. The lowest BCUT2D eigenvalue weighted by Gasteiger charge is -2.42. The van der Waals surface area contributed by atoms with E-state index in [2.05, 4.69) is 0 Å². The van der Waals surface area contributed by atoms with Gasteiger partial charge in [0.15, 0.2) is 0 Å². The van der Waals surface area contributed by atoms with Crippen LogP contribution in [0.15, 0.2) is 24.3 Å². The van der Waals surface area contributed by atoms with Crippen molar-refractivity contribution in [3.05, 3.63) is 30.1 Å². The van der Waals surface area contributed by atoms with Crippen molar-refractivity contribution in [1.82, 2.24) is 9.80 Å². The molecule has 0 atom stereocenters. The minimum atomic E-state index is -0.671. The van der Waals surface area contributed by atoms with Crippen molar-refractivity contribution >= 4 is 17.7 Å². The summed E-state index contributed by atoms with van der Waals surface area (Å²) in [5.74, 6) is -0.251. The van der Waals surface area contributed by atoms with Crippen LogP contribution in [0.25, 0.3) is 0 Å². The molecule has 3 rings (SSSR count). The topological polar surface area (TPSA) is 53.1 Å². The number of hydrogen-bond donors (Lipinski definition) is 0. The highest BCUT2D eigenvalue weighted by Crippen LogP contribution is 2.39. The summed E-state index contributed by atoms with van der Waals surface area (Å²) in [4.78, 5) is 30.1. The number of likely N-dealkylation sites (N-methyl/N-ethyl adjacent to an activating group) is 1. The predicted octanol–water partition coefficient (Wildman–Crippen LogP) is 2.05. The molecule has 24 heavy (non-hydrogen) atoms. The van der Waals surface area contributed by atoms with Crippen LogP contribution in [0.4, 0.5) is 14.9 Å². The zero-order valence-corrected chi connectivity index (χ0v) is 14.0. The Hall–Kier alpha value is -2.31. The Morgan fingerprint density at radius 3 is 2.46 bits per heavy atom. The van der Waals surface area contributed by atoms with Crippen molar-refractivity contribution < 1.29 is 18.7 Å². The van der Waals surface area contributed by atoms with Gasteiger partial charge in [-0.2, -0.15) is 0 Å². The molecule has 0 aromatic heterocycles. The summed E-state index contributed by atoms with van der Waals surface area (Å²) in [7, 11) is 1.77. The summed E-state index contributed by atoms with van der Waals surface area (Å²) in [6.45, 7) is 3.51. The summed E-state index contributed by atoms with van der Waals surface area (Å²) < 4.78 is 18.3. The second-order valence-corrected chi connectivity index (χ2v) is 6.27. The van der Waals surface area contributed by atoms with Crippen molar-refractivity contribution in [3.8, 4) is 0 Å². The third-order valence-electron chi connectivity index (χ3n) is 4.87. The van der Waals surface area contributed by atoms with Crippen LogP contribution in [0.2, 0.25) is 0 Å². The van der Waals surface area contributed by atoms with Crippen LogP contribution < -0.4 is 4.90 Å². The number of nitrogens with zero attached hydrogens (tertiary/aromatic N) is 3. The summed E-state index contributed by atoms with van der Waals surface area (Å²) >= 11 is 0. The zero-order chi connectivity index (χ0) is 17.3. The molecule has 0 radical (unpaired) electrons. The fraction of sp³-hybridized carbons (Fsp3) is 0.529. The van der Waals surface area contributed by atoms with E-state index in [4.69, 9.17) is 4.74 Å². The second-order valence-electron chi connectivity index (χ2n) is 6.27. The number of rotatable bonds is 2. The SMILES string of the molecule is CCOC(=O)N1CCC2(CC1)C(=O)N(C)CN2c1ccc(F)cc1. The van der Waals surface area contributed by atoms with Crippen LogP contribution in [0, 0.1) is 5.82 Å². The lowest BCUT2D eigenvalue weighted by molar-refractivity contribution is -0.132. The molecule has 130 valence electrons. The van der Waals surface area contributed by atoms with Crippen LogP contribution in [-0.4, -0.2) is 60.8 Å². The van der Waals surface area contributed by atoms with Crippen LogP contribution in [0.5, 0.6) is 0 Å². The largest absolute Gasteiger partial charge is 0.450 e. The molecule has 2 heterocycles. The molecule has 1 spiro atoms. The van der Waals surface area contributed by atoms with Crippen LogP contribution >= 0.6 is 0 Å². The fourth-order valence-corrected chi connectivity index (χ4v) is 3.59. The number of ether oxygens (including phenoxy) is 1. The second kappa shape index (κ2) is 6.30. The third-order valence-corrected chi connectivity index (χ3v) is 4.87. The molecule has 2 aliphatic rings. The van der Waals surface area contributed by atoms with Crippen molar-refractivity contribution in [1.29, 1.82) is 0 Å². The Kier molecular flexibility index (Phi) is 4.34. The number of likely N-dealkylation sites (tertiary alicyclic amines) is 1. The first kappa shape index (κ1) is 16.5. The molecule has 0 N–H and O–H groups in total. The van der Waals surface area contributed by atoms with Gasteiger partial charge in [0.05, 0.1) is 13.3 Å². The van der Waals surface area contributed by atoms with E-state index in [0.29, 0.717) is 39.2 Å². The highest BCUT2D eigenvalue weighted by atomic mass is 19.1. The molecular weight excluding hydrogens is 313 g/mol. The molecule has 0 bridgehead atoms. The highest BCUT2D eigenvalue weighted by Gasteiger charge is 2.53. The van der Waals surface area contributed by atoms with Crippen molar-refractivity contribution in [2.75, 3.05) is 38.3 Å². The van der Waals surface area contributed by atoms with E-state index in [1.807, 2.05) is 4.90 Å². The predicted molar refractivity (Wildman–Crippen MR) is 87.1 cm³/mol. The number of amides is 2. The Balaban J connectivity index is 1.82. The molecule has 0 aliphatic carbocycles. The molecule has 2 aliphatic heterocycles. The number of anilines is 1. The summed E-state index contributed by atoms with van der Waals surface area (Å²) in [5.41, 5.74) is 0.147. The molecular formula is C17H22FN3O3. The van der Waals surface area contributed by atoms with Gasteiger partial charge in [0.1, 0.15) is 11.4 Å². The fourth-order valence-electron chi connectivity index (χ4n) is 3.59. The van der Waals surface area contributed by atoms with Gasteiger partial charge in [0.25, 0.3) is 0 Å². The average molecular weight is 335 g/mol. The molecule has 2 amide bonds. The van der Waals surface area contributed by atoms with Gasteiger partial charge in [-0.25, -0.2) is 9.18 Å². The Morgan fingerprint density at radius 1 is 1.25 bits per heavy atom. The van der Waals surface area contributed by atoms with Crippen LogP contribution in [-0.2, 0) is 9.53 Å². The van der Waals surface area contributed by atoms with E-state index >= 15 is 0 Å². The first-order valence-electron chi connectivity index (χ1n) is 8.18. The monoisotopic (exact) mass is 335 g/mol. The number of carbonyl (C=O) groups is 2. The third kappa shape index (κ3) is 2.68. The van der Waals surface area contributed by atoms with Gasteiger partial charge in [0, 0.05) is 25.8 Å². The van der Waals surface area contributed by atoms with E-state index in [-0.39, 0.29) is 17.8 Å². The van der Waals surface area contributed by atoms with E-state index < -0.39 is 5.54 Å². The number of halogens is 1. The number of piperidine rings is 1. The van der Waals surface area contributed by atoms with Gasteiger partial charge < -0.3 is 19.4 Å². The lowest BCUT2D eigenvalue weighted by atomic mass is 9.85. The Morgan fingerprint density at radius 2 is 1.88 bits per heavy atom. The van der Waals surface area contributed by atoms with Crippen LogP contribution in [0.3, 0.4) is 0 Å². The van der Waals surface area contributed by atoms with E-state index in [9.17, 15) is 14.0 Å². The van der Waals surface area contributed by atoms with E-state index in [1.165, 1.54) is 12.1 Å². The summed E-state index contributed by atoms with van der Waals surface area (Å²) in [6, 6.07) is 6.20. The normalized spacial score (nSPS) is 20.0. The maximum Gasteiger partial charge on any atom is 0.409 e. The maximum atomic E-state index is 13.2. The number of hydrogen-bond acceptors (Lipinski definition) is 4. The molecule has 0 unspecified atom stereocenters. The van der Waals surface area contributed by atoms with Gasteiger partial charge in [-0.1, -0.05) is 0 Å². The number of benzene rings is 1. The Labute approximate surface area is 140 Å². The highest BCUT2D eigenvalue weighted by molar-refractivity contribution is 5.93. The minimum Gasteiger partial charge on any atom is -0.450 e. The molecule has 7 heteroatoms. The molecule has 0 saturated carbocycles. The van der Waals surface area contributed by atoms with Crippen molar-refractivity contribution in [2.45, 2.75) is 25.3 Å². The quantitative estimate of drug-likeness (QED) is 0.830. The summed E-state index contributed by atoms with van der Waals surface area (Å²) in [6.07, 6.45) is 0.734. The van der Waals surface area contributed by atoms with E-state index in [0.717, 1.165) is 5.69 Å². The molecule has 2 fully saturated rings. The lowest BCUT2D eigenvalue weighted by Crippen LogP contribution is -2.57. The van der Waals surface area contributed by atoms with Gasteiger partial charge in [-0.15, -0.1) is 0 Å². The molecule has 1 aromatic rings. The standard InChI is InChI=1S/C17H22FN3O3/c1-3-24-16(23)20-10-8-17(9-11-20)15(22)19(2)12-21(17)14-6-4-13(18)5-7-14/h4-7H,3,8-12H2,1-2H3. The van der Waals surface area contributed by atoms with Gasteiger partial charge >= 0.3 is 6.09 Å². The Bertz CT molecular complexity index is 626. The first-order valence-corrected chi connectivity index (χ1v) is 8.18. The van der Waals surface area contributed by atoms with Gasteiger partial charge in [-0.3, -0.25) is 4.79 Å². The minimum absolute atomic E-state index is 0.0512.